The van der Waals surface area contributed by atoms with Crippen molar-refractivity contribution in [2.75, 3.05) is 5.73 Å². The van der Waals surface area contributed by atoms with Gasteiger partial charge in [0.2, 0.25) is 0 Å². The van der Waals surface area contributed by atoms with Gasteiger partial charge < -0.3 is 5.73 Å². The van der Waals surface area contributed by atoms with Crippen LogP contribution in [0.2, 0.25) is 0 Å². The van der Waals surface area contributed by atoms with Crippen molar-refractivity contribution in [3.8, 4) is 0 Å². The molecule has 0 spiro atoms. The zero-order valence-electron chi connectivity index (χ0n) is 11.2. The molecule has 0 fully saturated rings. The summed E-state index contributed by atoms with van der Waals surface area (Å²) in [4.78, 5) is 4.47. The van der Waals surface area contributed by atoms with Crippen LogP contribution >= 0.6 is 15.9 Å². The number of hydrogen-bond acceptors (Lipinski definition) is 4. The third kappa shape index (κ3) is 3.02. The first-order valence-corrected chi connectivity index (χ1v) is 8.44. The molecule has 0 aliphatic carbocycles. The SMILES string of the molecule is Cc1cnc(CS(=O)(=O)c2cccc(Br)c2)c(C)c1N. The maximum atomic E-state index is 12.4. The van der Waals surface area contributed by atoms with Crippen molar-refractivity contribution in [3.05, 3.63) is 51.8 Å². The van der Waals surface area contributed by atoms with E-state index in [1.807, 2.05) is 6.92 Å². The van der Waals surface area contributed by atoms with Crippen LogP contribution in [0.1, 0.15) is 16.8 Å². The van der Waals surface area contributed by atoms with E-state index in [-0.39, 0.29) is 10.6 Å². The number of hydrogen-bond donors (Lipinski definition) is 1. The molecule has 1 aromatic carbocycles. The first kappa shape index (κ1) is 15.0. The van der Waals surface area contributed by atoms with Crippen molar-refractivity contribution in [2.24, 2.45) is 0 Å². The van der Waals surface area contributed by atoms with Crippen molar-refractivity contribution >= 4 is 31.5 Å². The van der Waals surface area contributed by atoms with Gasteiger partial charge in [0.15, 0.2) is 9.84 Å². The lowest BCUT2D eigenvalue weighted by atomic mass is 10.1. The predicted molar refractivity (Wildman–Crippen MR) is 83.2 cm³/mol. The van der Waals surface area contributed by atoms with Crippen molar-refractivity contribution in [1.29, 1.82) is 0 Å². The molecule has 0 saturated carbocycles. The average molecular weight is 355 g/mol. The number of pyridine rings is 1. The zero-order chi connectivity index (χ0) is 14.9. The summed E-state index contributed by atoms with van der Waals surface area (Å²) in [6.45, 7) is 3.64. The van der Waals surface area contributed by atoms with Gasteiger partial charge in [0.1, 0.15) is 0 Å². The van der Waals surface area contributed by atoms with Gasteiger partial charge in [0.05, 0.1) is 16.3 Å². The quantitative estimate of drug-likeness (QED) is 0.919. The maximum absolute atomic E-state index is 12.4. The lowest BCUT2D eigenvalue weighted by Crippen LogP contribution is -2.09. The van der Waals surface area contributed by atoms with E-state index in [4.69, 9.17) is 5.73 Å². The van der Waals surface area contributed by atoms with E-state index in [9.17, 15) is 8.42 Å². The number of sulfone groups is 1. The summed E-state index contributed by atoms with van der Waals surface area (Å²) < 4.78 is 25.5. The molecule has 20 heavy (non-hydrogen) atoms. The lowest BCUT2D eigenvalue weighted by molar-refractivity contribution is 0.594. The molecule has 106 valence electrons. The van der Waals surface area contributed by atoms with E-state index in [0.29, 0.717) is 11.4 Å². The number of halogens is 1. The summed E-state index contributed by atoms with van der Waals surface area (Å²) >= 11 is 3.28. The van der Waals surface area contributed by atoms with Crippen LogP contribution in [0.25, 0.3) is 0 Å². The minimum absolute atomic E-state index is 0.153. The first-order chi connectivity index (χ1) is 9.31. The second-order valence-corrected chi connectivity index (χ2v) is 7.55. The van der Waals surface area contributed by atoms with E-state index >= 15 is 0 Å². The normalized spacial score (nSPS) is 11.6. The Morgan fingerprint density at radius 3 is 2.65 bits per heavy atom. The minimum atomic E-state index is -3.44. The van der Waals surface area contributed by atoms with Crippen LogP contribution in [0.15, 0.2) is 39.8 Å². The molecule has 4 nitrogen and oxygen atoms in total. The number of nitrogens with zero attached hydrogens (tertiary/aromatic N) is 1. The maximum Gasteiger partial charge on any atom is 0.184 e. The van der Waals surface area contributed by atoms with Gasteiger partial charge in [-0.05, 0) is 43.2 Å². The molecule has 2 aromatic rings. The largest absolute Gasteiger partial charge is 0.398 e. The first-order valence-electron chi connectivity index (χ1n) is 6.00. The Bertz CT molecular complexity index is 758. The van der Waals surface area contributed by atoms with Crippen LogP contribution < -0.4 is 5.73 Å². The topological polar surface area (TPSA) is 73.0 Å². The number of anilines is 1. The highest BCUT2D eigenvalue weighted by Gasteiger charge is 2.19. The Kier molecular flexibility index (Phi) is 4.15. The smallest absolute Gasteiger partial charge is 0.184 e. The fourth-order valence-electron chi connectivity index (χ4n) is 1.86. The summed E-state index contributed by atoms with van der Waals surface area (Å²) in [5, 5.41) is 0. The highest BCUT2D eigenvalue weighted by Crippen LogP contribution is 2.24. The molecule has 0 unspecified atom stereocenters. The second-order valence-electron chi connectivity index (χ2n) is 4.64. The van der Waals surface area contributed by atoms with E-state index in [1.165, 1.54) is 0 Å². The fraction of sp³-hybridized carbons (Fsp3) is 0.214. The number of rotatable bonds is 3. The van der Waals surface area contributed by atoms with Gasteiger partial charge in [0, 0.05) is 16.4 Å². The van der Waals surface area contributed by atoms with Crippen LogP contribution in [-0.4, -0.2) is 13.4 Å². The molecule has 0 aliphatic heterocycles. The third-order valence-corrected chi connectivity index (χ3v) is 5.28. The van der Waals surface area contributed by atoms with E-state index < -0.39 is 9.84 Å². The van der Waals surface area contributed by atoms with E-state index in [0.717, 1.165) is 15.6 Å². The predicted octanol–water partition coefficient (Wildman–Crippen LogP) is 3.02. The van der Waals surface area contributed by atoms with Crippen LogP contribution in [0.3, 0.4) is 0 Å². The van der Waals surface area contributed by atoms with Gasteiger partial charge in [-0.15, -0.1) is 0 Å². The summed E-state index contributed by atoms with van der Waals surface area (Å²) in [6.07, 6.45) is 1.61. The highest BCUT2D eigenvalue weighted by atomic mass is 79.9. The molecule has 0 amide bonds. The summed E-state index contributed by atoms with van der Waals surface area (Å²) in [5.74, 6) is -0.153. The van der Waals surface area contributed by atoms with Gasteiger partial charge in [-0.3, -0.25) is 4.98 Å². The standard InChI is InChI=1S/C14H15BrN2O2S/c1-9-7-17-13(10(2)14(9)16)8-20(18,19)12-5-3-4-11(15)6-12/h3-7H,8H2,1-2H3,(H2,16,17). The Balaban J connectivity index is 2.41. The molecular weight excluding hydrogens is 340 g/mol. The van der Waals surface area contributed by atoms with Crippen molar-refractivity contribution in [2.45, 2.75) is 24.5 Å². The Hall–Kier alpha value is -1.40. The molecule has 0 bridgehead atoms. The number of nitrogen functional groups attached to an aromatic ring is 1. The highest BCUT2D eigenvalue weighted by molar-refractivity contribution is 9.10. The summed E-state index contributed by atoms with van der Waals surface area (Å²) in [7, 11) is -3.44. The molecular formula is C14H15BrN2O2S. The number of benzene rings is 1. The molecule has 2 rings (SSSR count). The number of aromatic nitrogens is 1. The van der Waals surface area contributed by atoms with Crippen molar-refractivity contribution in [1.82, 2.24) is 4.98 Å². The molecule has 0 atom stereocenters. The van der Waals surface area contributed by atoms with E-state index in [1.54, 1.807) is 37.4 Å². The summed E-state index contributed by atoms with van der Waals surface area (Å²) in [5.41, 5.74) is 8.59. The summed E-state index contributed by atoms with van der Waals surface area (Å²) in [6, 6.07) is 6.64. The van der Waals surface area contributed by atoms with Crippen LogP contribution in [0, 0.1) is 13.8 Å². The molecule has 0 radical (unpaired) electrons. The third-order valence-electron chi connectivity index (χ3n) is 3.16. The van der Waals surface area contributed by atoms with Gasteiger partial charge in [-0.2, -0.15) is 0 Å². The Morgan fingerprint density at radius 1 is 1.30 bits per heavy atom. The molecule has 6 heteroatoms. The Morgan fingerprint density at radius 2 is 2.00 bits per heavy atom. The molecule has 2 N–H and O–H groups in total. The van der Waals surface area contributed by atoms with Crippen LogP contribution in [0.4, 0.5) is 5.69 Å². The number of aryl methyl sites for hydroxylation is 1. The average Bonchev–Trinajstić information content (AvgIpc) is 2.39. The molecule has 1 heterocycles. The van der Waals surface area contributed by atoms with Gasteiger partial charge in [-0.1, -0.05) is 22.0 Å². The van der Waals surface area contributed by atoms with Gasteiger partial charge in [-0.25, -0.2) is 8.42 Å². The van der Waals surface area contributed by atoms with Gasteiger partial charge in [0.25, 0.3) is 0 Å². The minimum Gasteiger partial charge on any atom is -0.398 e. The van der Waals surface area contributed by atoms with Crippen LogP contribution in [-0.2, 0) is 15.6 Å². The Labute approximate surface area is 127 Å². The molecule has 0 aliphatic rings. The molecule has 1 aromatic heterocycles. The second kappa shape index (κ2) is 5.54. The van der Waals surface area contributed by atoms with Crippen molar-refractivity contribution in [3.63, 3.8) is 0 Å². The monoisotopic (exact) mass is 354 g/mol. The number of nitrogens with two attached hydrogens (primary N) is 1. The molecule has 0 saturated heterocycles. The van der Waals surface area contributed by atoms with Gasteiger partial charge >= 0.3 is 0 Å². The van der Waals surface area contributed by atoms with Crippen LogP contribution in [0.5, 0.6) is 0 Å². The fourth-order valence-corrected chi connectivity index (χ4v) is 3.82. The van der Waals surface area contributed by atoms with E-state index in [2.05, 4.69) is 20.9 Å². The lowest BCUT2D eigenvalue weighted by Gasteiger charge is -2.10. The zero-order valence-corrected chi connectivity index (χ0v) is 13.6. The van der Waals surface area contributed by atoms with Crippen molar-refractivity contribution < 1.29 is 8.42 Å².